The van der Waals surface area contributed by atoms with Crippen molar-refractivity contribution in [1.82, 2.24) is 4.98 Å². The van der Waals surface area contributed by atoms with Crippen molar-refractivity contribution in [2.45, 2.75) is 38.8 Å². The van der Waals surface area contributed by atoms with E-state index in [1.54, 1.807) is 0 Å². The highest BCUT2D eigenvalue weighted by atomic mass is 32.1. The topological polar surface area (TPSA) is 60.5 Å². The number of nitrogens with zero attached hydrogens (tertiary/aromatic N) is 1. The van der Waals surface area contributed by atoms with Gasteiger partial charge in [0.2, 0.25) is 0 Å². The quantitative estimate of drug-likeness (QED) is 0.853. The second kappa shape index (κ2) is 5.67. The summed E-state index contributed by atoms with van der Waals surface area (Å²) in [6.07, 6.45) is 2.21. The highest BCUT2D eigenvalue weighted by Crippen LogP contribution is 2.25. The molecule has 2 heterocycles. The summed E-state index contributed by atoms with van der Waals surface area (Å²) in [4.78, 5) is 16.6. The molecule has 0 amide bonds. The molecule has 1 aliphatic rings. The molecule has 0 aliphatic carbocycles. The number of aromatic nitrogens is 1. The molecule has 6 heteroatoms. The van der Waals surface area contributed by atoms with Gasteiger partial charge in [-0.2, -0.15) is 0 Å². The summed E-state index contributed by atoms with van der Waals surface area (Å²) in [5.74, 6) is -0.378. The van der Waals surface area contributed by atoms with Gasteiger partial charge in [-0.05, 0) is 26.7 Å². The molecule has 1 fully saturated rings. The van der Waals surface area contributed by atoms with Crippen LogP contribution >= 0.6 is 11.3 Å². The van der Waals surface area contributed by atoms with E-state index in [0.29, 0.717) is 11.7 Å². The number of rotatable bonds is 3. The maximum atomic E-state index is 11.5. The Morgan fingerprint density at radius 3 is 3.06 bits per heavy atom. The Hall–Kier alpha value is -1.14. The van der Waals surface area contributed by atoms with Gasteiger partial charge in [-0.15, -0.1) is 11.3 Å². The Balaban J connectivity index is 2.03. The van der Waals surface area contributed by atoms with Crippen LogP contribution in [0.2, 0.25) is 0 Å². The highest BCUT2D eigenvalue weighted by molar-refractivity contribution is 7.15. The summed E-state index contributed by atoms with van der Waals surface area (Å²) in [6.45, 7) is 4.72. The van der Waals surface area contributed by atoms with Crippen molar-refractivity contribution in [1.29, 1.82) is 0 Å². The average Bonchev–Trinajstić information content (AvgIpc) is 2.69. The first-order chi connectivity index (χ1) is 8.60. The summed E-state index contributed by atoms with van der Waals surface area (Å²) in [7, 11) is 1.37. The smallest absolute Gasteiger partial charge is 0.357 e. The third-order valence-electron chi connectivity index (χ3n) is 2.99. The number of esters is 1. The lowest BCUT2D eigenvalue weighted by Gasteiger charge is -2.27. The number of methoxy groups -OCH3 is 1. The molecule has 1 aromatic heterocycles. The Morgan fingerprint density at radius 1 is 1.61 bits per heavy atom. The standard InChI is InChI=1S/C12H18N2O3S/c1-7-6-9(4-5-17-7)13-12-14-10(8(2)18-12)11(15)16-3/h7,9H,4-6H2,1-3H3,(H,13,14). The Labute approximate surface area is 111 Å². The maximum absolute atomic E-state index is 11.5. The molecule has 0 spiro atoms. The van der Waals surface area contributed by atoms with E-state index in [-0.39, 0.29) is 12.1 Å². The first kappa shape index (κ1) is 13.3. The Bertz CT molecular complexity index is 433. The number of carbonyl (C=O) groups excluding carboxylic acids is 1. The van der Waals surface area contributed by atoms with E-state index in [1.165, 1.54) is 18.4 Å². The van der Waals surface area contributed by atoms with Crippen LogP contribution in [0.25, 0.3) is 0 Å². The van der Waals surface area contributed by atoms with Crippen LogP contribution in [0.15, 0.2) is 0 Å². The molecular formula is C12H18N2O3S. The summed E-state index contributed by atoms with van der Waals surface area (Å²) >= 11 is 1.49. The van der Waals surface area contributed by atoms with Crippen LogP contribution in [0, 0.1) is 6.92 Å². The van der Waals surface area contributed by atoms with Gasteiger partial charge in [0.1, 0.15) is 0 Å². The molecule has 1 aromatic rings. The van der Waals surface area contributed by atoms with Gasteiger partial charge in [-0.3, -0.25) is 0 Å². The zero-order chi connectivity index (χ0) is 13.1. The first-order valence-electron chi connectivity index (χ1n) is 6.04. The summed E-state index contributed by atoms with van der Waals surface area (Å²) in [6, 6.07) is 0.366. The molecule has 0 aromatic carbocycles. The average molecular weight is 270 g/mol. The predicted octanol–water partition coefficient (Wildman–Crippen LogP) is 2.22. The van der Waals surface area contributed by atoms with Crippen molar-refractivity contribution in [3.8, 4) is 0 Å². The third-order valence-corrected chi connectivity index (χ3v) is 3.89. The van der Waals surface area contributed by atoms with Crippen molar-refractivity contribution in [2.24, 2.45) is 0 Å². The fourth-order valence-corrected chi connectivity index (χ4v) is 2.93. The number of aryl methyl sites for hydroxylation is 1. The maximum Gasteiger partial charge on any atom is 0.357 e. The van der Waals surface area contributed by atoms with E-state index in [0.717, 1.165) is 29.5 Å². The number of thiazole rings is 1. The fourth-order valence-electron chi connectivity index (χ4n) is 2.05. The lowest BCUT2D eigenvalue weighted by Crippen LogP contribution is -2.32. The second-order valence-corrected chi connectivity index (χ2v) is 5.67. The van der Waals surface area contributed by atoms with Crippen molar-refractivity contribution in [3.63, 3.8) is 0 Å². The minimum absolute atomic E-state index is 0.275. The first-order valence-corrected chi connectivity index (χ1v) is 6.85. The molecule has 2 rings (SSSR count). The van der Waals surface area contributed by atoms with Gasteiger partial charge in [0, 0.05) is 17.5 Å². The zero-order valence-corrected chi connectivity index (χ0v) is 11.7. The number of hydrogen-bond acceptors (Lipinski definition) is 6. The van der Waals surface area contributed by atoms with Crippen LogP contribution in [0.1, 0.15) is 35.1 Å². The number of ether oxygens (including phenoxy) is 2. The third kappa shape index (κ3) is 3.00. The monoisotopic (exact) mass is 270 g/mol. The molecule has 1 N–H and O–H groups in total. The van der Waals surface area contributed by atoms with E-state index in [9.17, 15) is 4.79 Å². The number of anilines is 1. The van der Waals surface area contributed by atoms with Gasteiger partial charge in [-0.25, -0.2) is 9.78 Å². The van der Waals surface area contributed by atoms with Crippen molar-refractivity contribution >= 4 is 22.4 Å². The van der Waals surface area contributed by atoms with E-state index in [4.69, 9.17) is 9.47 Å². The summed E-state index contributed by atoms with van der Waals surface area (Å²) in [5.41, 5.74) is 0.408. The largest absolute Gasteiger partial charge is 0.464 e. The molecule has 100 valence electrons. The van der Waals surface area contributed by atoms with Gasteiger partial charge in [-0.1, -0.05) is 0 Å². The minimum Gasteiger partial charge on any atom is -0.464 e. The zero-order valence-electron chi connectivity index (χ0n) is 10.9. The molecule has 0 bridgehead atoms. The van der Waals surface area contributed by atoms with Gasteiger partial charge in [0.05, 0.1) is 13.2 Å². The van der Waals surface area contributed by atoms with Crippen molar-refractivity contribution < 1.29 is 14.3 Å². The molecule has 0 radical (unpaired) electrons. The second-order valence-electron chi connectivity index (χ2n) is 4.46. The number of hydrogen-bond donors (Lipinski definition) is 1. The van der Waals surface area contributed by atoms with Gasteiger partial charge in [0.25, 0.3) is 0 Å². The van der Waals surface area contributed by atoms with Crippen LogP contribution in [0.4, 0.5) is 5.13 Å². The van der Waals surface area contributed by atoms with Gasteiger partial charge < -0.3 is 14.8 Å². The Morgan fingerprint density at radius 2 is 2.39 bits per heavy atom. The van der Waals surface area contributed by atoms with Crippen LogP contribution in [0.3, 0.4) is 0 Å². The minimum atomic E-state index is -0.378. The predicted molar refractivity (Wildman–Crippen MR) is 70.2 cm³/mol. The van der Waals surface area contributed by atoms with Gasteiger partial charge >= 0.3 is 5.97 Å². The van der Waals surface area contributed by atoms with Crippen LogP contribution < -0.4 is 5.32 Å². The normalized spacial score (nSPS) is 23.7. The molecule has 2 unspecified atom stereocenters. The summed E-state index contributed by atoms with van der Waals surface area (Å²) < 4.78 is 10.2. The Kier molecular flexibility index (Phi) is 4.19. The van der Waals surface area contributed by atoms with E-state index >= 15 is 0 Å². The lowest BCUT2D eigenvalue weighted by molar-refractivity contribution is 0.0232. The molecular weight excluding hydrogens is 252 g/mol. The molecule has 1 saturated heterocycles. The van der Waals surface area contributed by atoms with E-state index in [2.05, 4.69) is 17.2 Å². The fraction of sp³-hybridized carbons (Fsp3) is 0.667. The van der Waals surface area contributed by atoms with E-state index < -0.39 is 0 Å². The molecule has 5 nitrogen and oxygen atoms in total. The van der Waals surface area contributed by atoms with Crippen LogP contribution in [0.5, 0.6) is 0 Å². The highest BCUT2D eigenvalue weighted by Gasteiger charge is 2.22. The van der Waals surface area contributed by atoms with Crippen molar-refractivity contribution in [2.75, 3.05) is 19.0 Å². The van der Waals surface area contributed by atoms with Crippen LogP contribution in [-0.4, -0.2) is 36.8 Å². The molecule has 18 heavy (non-hydrogen) atoms. The van der Waals surface area contributed by atoms with Crippen molar-refractivity contribution in [3.05, 3.63) is 10.6 Å². The number of nitrogens with one attached hydrogen (secondary N) is 1. The van der Waals surface area contributed by atoms with Crippen LogP contribution in [-0.2, 0) is 9.47 Å². The molecule has 2 atom stereocenters. The molecule has 1 aliphatic heterocycles. The summed E-state index contributed by atoms with van der Waals surface area (Å²) in [5, 5.41) is 4.16. The number of carbonyl (C=O) groups is 1. The lowest BCUT2D eigenvalue weighted by atomic mass is 10.1. The SMILES string of the molecule is COC(=O)c1nc(NC2CCOC(C)C2)sc1C. The van der Waals surface area contributed by atoms with Gasteiger partial charge in [0.15, 0.2) is 10.8 Å². The van der Waals surface area contributed by atoms with E-state index in [1.807, 2.05) is 6.92 Å². The molecule has 0 saturated carbocycles.